The zero-order chi connectivity index (χ0) is 30.2. The highest BCUT2D eigenvalue weighted by atomic mass is 16.6. The molecule has 0 fully saturated rings. The average molecular weight is 583 g/mol. The van der Waals surface area contributed by atoms with Crippen LogP contribution in [0.4, 0.5) is 0 Å². The quantitative estimate of drug-likeness (QED) is 0.0459. The minimum atomic E-state index is -0.752. The smallest absolute Gasteiger partial charge is 0.306 e. The first kappa shape index (κ1) is 39.4. The van der Waals surface area contributed by atoms with Crippen LogP contribution in [0.2, 0.25) is 0 Å². The third-order valence-corrected chi connectivity index (χ3v) is 7.61. The lowest BCUT2D eigenvalue weighted by molar-refractivity contribution is -0.167. The van der Waals surface area contributed by atoms with Gasteiger partial charge in [0.2, 0.25) is 0 Å². The van der Waals surface area contributed by atoms with E-state index in [2.05, 4.69) is 20.8 Å². The molecule has 0 aliphatic rings. The predicted octanol–water partition coefficient (Wildman–Crippen LogP) is 10.2. The molecular weight excluding hydrogens is 516 g/mol. The molecule has 6 heteroatoms. The molecule has 0 saturated heterocycles. The molecule has 0 heterocycles. The van der Waals surface area contributed by atoms with Gasteiger partial charge >= 0.3 is 17.9 Å². The van der Waals surface area contributed by atoms with Crippen LogP contribution in [0.15, 0.2) is 0 Å². The number of hydrogen-bond acceptors (Lipinski definition) is 6. The SMILES string of the molecule is CCCCCCCCCCCCCCCC(=O)OC(COC(=O)CCCCCCC)COC(=O)CCCCCCC. The predicted molar refractivity (Wildman–Crippen MR) is 169 cm³/mol. The molecule has 0 aromatic carbocycles. The Morgan fingerprint density at radius 3 is 0.976 bits per heavy atom. The van der Waals surface area contributed by atoms with Crippen LogP contribution >= 0.6 is 0 Å². The van der Waals surface area contributed by atoms with Crippen LogP contribution in [0.5, 0.6) is 0 Å². The zero-order valence-electron chi connectivity index (χ0n) is 27.3. The standard InChI is InChI=1S/C35H66O6/c1-4-7-10-13-14-15-16-17-18-19-20-23-26-29-35(38)41-32(30-39-33(36)27-24-21-11-8-5-2)31-40-34(37)28-25-22-12-9-6-3/h32H,4-31H2,1-3H3. The molecule has 0 unspecified atom stereocenters. The van der Waals surface area contributed by atoms with E-state index in [1.807, 2.05) is 0 Å². The molecule has 0 aliphatic carbocycles. The fourth-order valence-electron chi connectivity index (χ4n) is 4.91. The first-order chi connectivity index (χ1) is 20.0. The van der Waals surface area contributed by atoms with Crippen LogP contribution in [0.25, 0.3) is 0 Å². The Labute approximate surface area is 253 Å². The number of carbonyl (C=O) groups is 3. The van der Waals surface area contributed by atoms with Gasteiger partial charge in [0.25, 0.3) is 0 Å². The van der Waals surface area contributed by atoms with E-state index in [1.54, 1.807) is 0 Å². The van der Waals surface area contributed by atoms with Crippen LogP contribution in [0, 0.1) is 0 Å². The second-order valence-electron chi connectivity index (χ2n) is 11.8. The molecule has 0 spiro atoms. The highest BCUT2D eigenvalue weighted by Crippen LogP contribution is 2.14. The van der Waals surface area contributed by atoms with Crippen molar-refractivity contribution in [3.63, 3.8) is 0 Å². The van der Waals surface area contributed by atoms with Crippen molar-refractivity contribution in [3.05, 3.63) is 0 Å². The molecule has 0 aliphatic heterocycles. The Hall–Kier alpha value is -1.59. The summed E-state index contributed by atoms with van der Waals surface area (Å²) in [4.78, 5) is 36.8. The summed E-state index contributed by atoms with van der Waals surface area (Å²) in [5.41, 5.74) is 0. The Bertz CT molecular complexity index is 575. The summed E-state index contributed by atoms with van der Waals surface area (Å²) in [5.74, 6) is -0.896. The topological polar surface area (TPSA) is 78.9 Å². The number of esters is 3. The van der Waals surface area contributed by atoms with Crippen LogP contribution < -0.4 is 0 Å². The molecule has 0 atom stereocenters. The largest absolute Gasteiger partial charge is 0.462 e. The van der Waals surface area contributed by atoms with Crippen molar-refractivity contribution in [2.24, 2.45) is 0 Å². The van der Waals surface area contributed by atoms with Crippen LogP contribution in [-0.2, 0) is 28.6 Å². The van der Waals surface area contributed by atoms with E-state index in [4.69, 9.17) is 14.2 Å². The van der Waals surface area contributed by atoms with Gasteiger partial charge in [-0.3, -0.25) is 14.4 Å². The first-order valence-corrected chi connectivity index (χ1v) is 17.5. The fraction of sp³-hybridized carbons (Fsp3) is 0.914. The van der Waals surface area contributed by atoms with Crippen molar-refractivity contribution >= 4 is 17.9 Å². The minimum absolute atomic E-state index is 0.0675. The van der Waals surface area contributed by atoms with Crippen molar-refractivity contribution in [3.8, 4) is 0 Å². The van der Waals surface area contributed by atoms with Crippen molar-refractivity contribution in [1.82, 2.24) is 0 Å². The highest BCUT2D eigenvalue weighted by Gasteiger charge is 2.19. The van der Waals surface area contributed by atoms with Crippen LogP contribution in [0.1, 0.15) is 188 Å². The second kappa shape index (κ2) is 31.3. The average Bonchev–Trinajstić information content (AvgIpc) is 2.96. The van der Waals surface area contributed by atoms with Gasteiger partial charge in [-0.1, -0.05) is 149 Å². The van der Waals surface area contributed by atoms with E-state index in [9.17, 15) is 14.4 Å². The molecule has 6 nitrogen and oxygen atoms in total. The van der Waals surface area contributed by atoms with Crippen molar-refractivity contribution in [1.29, 1.82) is 0 Å². The number of rotatable bonds is 31. The maximum Gasteiger partial charge on any atom is 0.306 e. The maximum atomic E-state index is 12.5. The molecular formula is C35H66O6. The van der Waals surface area contributed by atoms with E-state index in [-0.39, 0.29) is 31.1 Å². The van der Waals surface area contributed by atoms with E-state index in [1.165, 1.54) is 77.0 Å². The monoisotopic (exact) mass is 582 g/mol. The van der Waals surface area contributed by atoms with E-state index in [0.717, 1.165) is 70.6 Å². The molecule has 0 rings (SSSR count). The summed E-state index contributed by atoms with van der Waals surface area (Å²) in [6, 6.07) is 0. The molecule has 41 heavy (non-hydrogen) atoms. The van der Waals surface area contributed by atoms with Crippen molar-refractivity contribution < 1.29 is 28.6 Å². The van der Waals surface area contributed by atoms with Gasteiger partial charge < -0.3 is 14.2 Å². The summed E-state index contributed by atoms with van der Waals surface area (Å²) in [7, 11) is 0. The van der Waals surface area contributed by atoms with Gasteiger partial charge in [-0.25, -0.2) is 0 Å². The van der Waals surface area contributed by atoms with E-state index in [0.29, 0.717) is 19.3 Å². The maximum absolute atomic E-state index is 12.5. The molecule has 0 saturated carbocycles. The number of unbranched alkanes of at least 4 members (excludes halogenated alkanes) is 20. The lowest BCUT2D eigenvalue weighted by Gasteiger charge is -2.18. The van der Waals surface area contributed by atoms with Crippen LogP contribution in [-0.4, -0.2) is 37.2 Å². The second-order valence-corrected chi connectivity index (χ2v) is 11.8. The molecule has 0 N–H and O–H groups in total. The number of carbonyl (C=O) groups excluding carboxylic acids is 3. The normalized spacial score (nSPS) is 11.1. The van der Waals surface area contributed by atoms with E-state index >= 15 is 0 Å². The molecule has 0 aromatic rings. The third kappa shape index (κ3) is 29.7. The summed E-state index contributed by atoms with van der Waals surface area (Å²) < 4.78 is 16.3. The van der Waals surface area contributed by atoms with Crippen molar-refractivity contribution in [2.75, 3.05) is 13.2 Å². The van der Waals surface area contributed by atoms with E-state index < -0.39 is 6.10 Å². The molecule has 242 valence electrons. The molecule has 0 bridgehead atoms. The fourth-order valence-corrected chi connectivity index (χ4v) is 4.91. The van der Waals surface area contributed by atoms with Gasteiger partial charge in [0.05, 0.1) is 0 Å². The minimum Gasteiger partial charge on any atom is -0.462 e. The van der Waals surface area contributed by atoms with Crippen molar-refractivity contribution in [2.45, 2.75) is 194 Å². The summed E-state index contributed by atoms with van der Waals surface area (Å²) in [5, 5.41) is 0. The Morgan fingerprint density at radius 2 is 0.659 bits per heavy atom. The van der Waals surface area contributed by atoms with Gasteiger partial charge in [0, 0.05) is 19.3 Å². The Kier molecular flexibility index (Phi) is 30.1. The van der Waals surface area contributed by atoms with Gasteiger partial charge in [0.1, 0.15) is 13.2 Å². The zero-order valence-corrected chi connectivity index (χ0v) is 27.3. The molecule has 0 amide bonds. The molecule has 0 radical (unpaired) electrons. The van der Waals surface area contributed by atoms with Gasteiger partial charge in [-0.15, -0.1) is 0 Å². The molecule has 0 aromatic heterocycles. The summed E-state index contributed by atoms with van der Waals surface area (Å²) in [6.45, 7) is 6.44. The van der Waals surface area contributed by atoms with Gasteiger partial charge in [-0.05, 0) is 19.3 Å². The highest BCUT2D eigenvalue weighted by molar-refractivity contribution is 5.71. The van der Waals surface area contributed by atoms with Gasteiger partial charge in [0.15, 0.2) is 6.10 Å². The summed E-state index contributed by atoms with van der Waals surface area (Å²) >= 11 is 0. The lowest BCUT2D eigenvalue weighted by Crippen LogP contribution is -2.30. The Morgan fingerprint density at radius 1 is 0.390 bits per heavy atom. The Balaban J connectivity index is 4.21. The third-order valence-electron chi connectivity index (χ3n) is 7.61. The number of hydrogen-bond donors (Lipinski definition) is 0. The first-order valence-electron chi connectivity index (χ1n) is 17.5. The van der Waals surface area contributed by atoms with Gasteiger partial charge in [-0.2, -0.15) is 0 Å². The van der Waals surface area contributed by atoms with Crippen LogP contribution in [0.3, 0.4) is 0 Å². The lowest BCUT2D eigenvalue weighted by atomic mass is 10.0. The number of ether oxygens (including phenoxy) is 3. The summed E-state index contributed by atoms with van der Waals surface area (Å²) in [6.07, 6.45) is 27.1.